The van der Waals surface area contributed by atoms with Gasteiger partial charge in [0, 0.05) is 42.2 Å². The van der Waals surface area contributed by atoms with Crippen molar-refractivity contribution in [2.24, 2.45) is 0 Å². The van der Waals surface area contributed by atoms with Crippen LogP contribution in [0.5, 0.6) is 0 Å². The first kappa shape index (κ1) is 22.6. The molecule has 8 nitrogen and oxygen atoms in total. The van der Waals surface area contributed by atoms with Gasteiger partial charge < -0.3 is 20.7 Å². The molecule has 3 N–H and O–H groups in total. The van der Waals surface area contributed by atoms with Crippen LogP contribution >= 0.6 is 0 Å². The fourth-order valence-corrected chi connectivity index (χ4v) is 3.90. The van der Waals surface area contributed by atoms with Crippen molar-refractivity contribution in [1.29, 1.82) is 0 Å². The molecule has 0 aliphatic carbocycles. The van der Waals surface area contributed by atoms with Crippen molar-refractivity contribution < 1.29 is 13.9 Å². The number of nitrogens with zero attached hydrogens (tertiary/aromatic N) is 3. The Labute approximate surface area is 201 Å². The molecule has 2 aromatic heterocycles. The van der Waals surface area contributed by atoms with Gasteiger partial charge in [-0.3, -0.25) is 9.78 Å². The number of rotatable bonds is 6. The number of benzene rings is 2. The molecular weight excluding hydrogens is 447 g/mol. The molecule has 1 aliphatic rings. The maximum absolute atomic E-state index is 15.0. The number of hydrogen-bond donors (Lipinski definition) is 3. The van der Waals surface area contributed by atoms with E-state index in [1.165, 1.54) is 12.3 Å². The number of anilines is 3. The highest BCUT2D eigenvalue weighted by atomic mass is 19.1. The quantitative estimate of drug-likeness (QED) is 0.360. The van der Waals surface area contributed by atoms with Gasteiger partial charge in [0.1, 0.15) is 5.82 Å². The molecule has 9 heteroatoms. The molecule has 2 aromatic carbocycles. The largest absolute Gasteiger partial charge is 0.371 e. The molecule has 1 atom stereocenters. The van der Waals surface area contributed by atoms with Crippen molar-refractivity contribution in [3.05, 3.63) is 85.0 Å². The van der Waals surface area contributed by atoms with Gasteiger partial charge >= 0.3 is 0 Å². The molecule has 5 rings (SSSR count). The highest BCUT2D eigenvalue weighted by Crippen LogP contribution is 2.31. The fraction of sp³-hybridized carbons (Fsp3) is 0.154. The summed E-state index contributed by atoms with van der Waals surface area (Å²) in [5.74, 6) is -0.525. The van der Waals surface area contributed by atoms with Gasteiger partial charge in [0.15, 0.2) is 0 Å². The number of fused-ring (bicyclic) bond motifs is 1. The van der Waals surface area contributed by atoms with E-state index >= 15 is 4.39 Å². The first-order chi connectivity index (χ1) is 17.1. The minimum atomic E-state index is -0.479. The molecule has 35 heavy (non-hydrogen) atoms. The molecule has 1 unspecified atom stereocenters. The Kier molecular flexibility index (Phi) is 6.42. The average molecular weight is 471 g/mol. The van der Waals surface area contributed by atoms with E-state index in [1.807, 2.05) is 24.3 Å². The third-order valence-electron chi connectivity index (χ3n) is 5.64. The number of hydrogen-bond acceptors (Lipinski definition) is 7. The second-order valence-electron chi connectivity index (χ2n) is 7.99. The van der Waals surface area contributed by atoms with Gasteiger partial charge in [0.2, 0.25) is 11.9 Å². The smallest absolute Gasteiger partial charge is 0.247 e. The van der Waals surface area contributed by atoms with Crippen LogP contribution in [0.4, 0.5) is 21.7 Å². The van der Waals surface area contributed by atoms with Gasteiger partial charge in [0.25, 0.3) is 0 Å². The molecule has 1 aliphatic heterocycles. The van der Waals surface area contributed by atoms with Gasteiger partial charge in [-0.1, -0.05) is 18.7 Å². The maximum Gasteiger partial charge on any atom is 0.247 e. The van der Waals surface area contributed by atoms with Crippen molar-refractivity contribution in [3.8, 4) is 11.3 Å². The minimum Gasteiger partial charge on any atom is -0.371 e. The number of nitrogens with one attached hydrogen (secondary N) is 3. The van der Waals surface area contributed by atoms with Crippen LogP contribution in [0.3, 0.4) is 0 Å². The van der Waals surface area contributed by atoms with Gasteiger partial charge in [0.05, 0.1) is 29.5 Å². The lowest BCUT2D eigenvalue weighted by atomic mass is 10.1. The van der Waals surface area contributed by atoms with E-state index < -0.39 is 5.82 Å². The third kappa shape index (κ3) is 5.01. The van der Waals surface area contributed by atoms with E-state index in [0.717, 1.165) is 30.4 Å². The number of morpholine rings is 1. The highest BCUT2D eigenvalue weighted by molar-refractivity contribution is 6.00. The normalized spacial score (nSPS) is 15.5. The fourth-order valence-electron chi connectivity index (χ4n) is 3.90. The van der Waals surface area contributed by atoms with Crippen LogP contribution in [-0.2, 0) is 9.53 Å². The lowest BCUT2D eigenvalue weighted by molar-refractivity contribution is -0.111. The number of amides is 1. The average Bonchev–Trinajstić information content (AvgIpc) is 2.89. The molecule has 1 fully saturated rings. The van der Waals surface area contributed by atoms with Crippen LogP contribution in [0.25, 0.3) is 22.2 Å². The Balaban J connectivity index is 1.45. The predicted octanol–water partition coefficient (Wildman–Crippen LogP) is 4.36. The zero-order chi connectivity index (χ0) is 24.2. The lowest BCUT2D eigenvalue weighted by Gasteiger charge is -2.24. The lowest BCUT2D eigenvalue weighted by Crippen LogP contribution is -2.33. The van der Waals surface area contributed by atoms with Crippen molar-refractivity contribution in [1.82, 2.24) is 20.3 Å². The Morgan fingerprint density at radius 1 is 1.14 bits per heavy atom. The Hall–Kier alpha value is -4.21. The van der Waals surface area contributed by atoms with E-state index in [9.17, 15) is 4.79 Å². The molecular formula is C26H23FN6O2. The summed E-state index contributed by atoms with van der Waals surface area (Å²) in [6.45, 7) is 5.77. The van der Waals surface area contributed by atoms with Crippen molar-refractivity contribution in [3.63, 3.8) is 0 Å². The van der Waals surface area contributed by atoms with E-state index in [0.29, 0.717) is 34.8 Å². The van der Waals surface area contributed by atoms with E-state index in [4.69, 9.17) is 4.74 Å². The Bertz CT molecular complexity index is 1390. The molecule has 4 aromatic rings. The van der Waals surface area contributed by atoms with E-state index in [-0.39, 0.29) is 17.6 Å². The Morgan fingerprint density at radius 2 is 2.00 bits per heavy atom. The summed E-state index contributed by atoms with van der Waals surface area (Å²) in [6.07, 6.45) is 4.32. The summed E-state index contributed by atoms with van der Waals surface area (Å²) < 4.78 is 20.8. The molecule has 1 amide bonds. The monoisotopic (exact) mass is 470 g/mol. The van der Waals surface area contributed by atoms with E-state index in [1.54, 1.807) is 24.4 Å². The van der Waals surface area contributed by atoms with Crippen LogP contribution in [0.2, 0.25) is 0 Å². The summed E-state index contributed by atoms with van der Waals surface area (Å²) in [5.41, 5.74) is 3.31. The molecule has 0 bridgehead atoms. The molecule has 3 heterocycles. The van der Waals surface area contributed by atoms with Gasteiger partial charge in [-0.25, -0.2) is 14.4 Å². The number of pyridine rings is 1. The molecule has 0 saturated carbocycles. The first-order valence-electron chi connectivity index (χ1n) is 11.1. The Morgan fingerprint density at radius 3 is 2.77 bits per heavy atom. The minimum absolute atomic E-state index is 0.0276. The molecule has 176 valence electrons. The van der Waals surface area contributed by atoms with Crippen LogP contribution in [0.15, 0.2) is 73.6 Å². The van der Waals surface area contributed by atoms with E-state index in [2.05, 4.69) is 37.5 Å². The number of carbonyl (C=O) groups is 1. The summed E-state index contributed by atoms with van der Waals surface area (Å²) in [4.78, 5) is 24.9. The zero-order valence-corrected chi connectivity index (χ0v) is 18.8. The van der Waals surface area contributed by atoms with Gasteiger partial charge in [-0.2, -0.15) is 0 Å². The predicted molar refractivity (Wildman–Crippen MR) is 133 cm³/mol. The standard InChI is InChI=1S/C26H23FN6O2/c1-2-23(34)31-19-9-10-29-21(13-19)24-20(27)8-5-17-14-30-26(33-25(17)24)32-18-6-3-16(4-7-18)22-15-28-11-12-35-22/h2-10,13-14,22,28H,1,11-12,15H2,(H,29,31,34)(H,30,32,33). The summed E-state index contributed by atoms with van der Waals surface area (Å²) >= 11 is 0. The van der Waals surface area contributed by atoms with Crippen LogP contribution in [-0.4, -0.2) is 40.6 Å². The number of aromatic nitrogens is 3. The SMILES string of the molecule is C=CC(=O)Nc1ccnc(-c2c(F)ccc3cnc(Nc4ccc(C5CNCCO5)cc4)nc23)c1. The van der Waals surface area contributed by atoms with Gasteiger partial charge in [-0.15, -0.1) is 0 Å². The number of carbonyl (C=O) groups excluding carboxylic acids is 1. The third-order valence-corrected chi connectivity index (χ3v) is 5.64. The number of halogens is 1. The van der Waals surface area contributed by atoms with Crippen LogP contribution in [0.1, 0.15) is 11.7 Å². The summed E-state index contributed by atoms with van der Waals surface area (Å²) in [5, 5.41) is 9.83. The first-order valence-corrected chi connectivity index (χ1v) is 11.1. The second-order valence-corrected chi connectivity index (χ2v) is 7.99. The van der Waals surface area contributed by atoms with Gasteiger partial charge in [-0.05, 0) is 48.0 Å². The van der Waals surface area contributed by atoms with Crippen LogP contribution in [0, 0.1) is 5.82 Å². The topological polar surface area (TPSA) is 101 Å². The molecule has 0 spiro atoms. The molecule has 1 saturated heterocycles. The number of ether oxygens (including phenoxy) is 1. The second kappa shape index (κ2) is 9.96. The maximum atomic E-state index is 15.0. The van der Waals surface area contributed by atoms with Crippen LogP contribution < -0.4 is 16.0 Å². The summed E-state index contributed by atoms with van der Waals surface area (Å²) in [6, 6.07) is 14.0. The summed E-state index contributed by atoms with van der Waals surface area (Å²) in [7, 11) is 0. The van der Waals surface area contributed by atoms with Crippen molar-refractivity contribution >= 4 is 34.1 Å². The van der Waals surface area contributed by atoms with Crippen molar-refractivity contribution in [2.45, 2.75) is 6.10 Å². The highest BCUT2D eigenvalue weighted by Gasteiger charge is 2.17. The van der Waals surface area contributed by atoms with Crippen molar-refractivity contribution in [2.75, 3.05) is 30.3 Å². The molecule has 0 radical (unpaired) electrons. The zero-order valence-electron chi connectivity index (χ0n) is 18.8.